The number of ether oxygens (including phenoxy) is 1. The molecule has 0 fully saturated rings. The molecular weight excluding hydrogens is 285 g/mol. The number of nitrogens with two attached hydrogens (primary N) is 1. The van der Waals surface area contributed by atoms with Crippen LogP contribution in [0.1, 0.15) is 5.69 Å². The maximum atomic E-state index is 12.9. The third-order valence-corrected chi connectivity index (χ3v) is 2.12. The molecule has 0 unspecified atom stereocenters. The number of benzene rings is 1. The summed E-state index contributed by atoms with van der Waals surface area (Å²) in [5.74, 6) is -3.74. The first kappa shape index (κ1) is 14.0. The van der Waals surface area contributed by atoms with E-state index in [0.717, 1.165) is 12.1 Å². The SMILES string of the molecule is Nc1nc(Oc2ccc(F)c(F)c2)cc(C(F)(F)F)n1. The highest BCUT2D eigenvalue weighted by molar-refractivity contribution is 5.32. The van der Waals surface area contributed by atoms with Gasteiger partial charge in [0, 0.05) is 12.1 Å². The van der Waals surface area contributed by atoms with E-state index in [2.05, 4.69) is 9.97 Å². The molecule has 1 heterocycles. The van der Waals surface area contributed by atoms with Crippen molar-refractivity contribution in [3.63, 3.8) is 0 Å². The number of aromatic nitrogens is 2. The molecule has 2 aromatic rings. The lowest BCUT2D eigenvalue weighted by Gasteiger charge is -2.09. The van der Waals surface area contributed by atoms with Crippen molar-refractivity contribution in [2.24, 2.45) is 0 Å². The van der Waals surface area contributed by atoms with E-state index in [1.807, 2.05) is 0 Å². The molecule has 20 heavy (non-hydrogen) atoms. The fraction of sp³-hybridized carbons (Fsp3) is 0.0909. The summed E-state index contributed by atoms with van der Waals surface area (Å²) in [6.45, 7) is 0. The Balaban J connectivity index is 2.33. The molecule has 1 aromatic heterocycles. The van der Waals surface area contributed by atoms with Crippen LogP contribution >= 0.6 is 0 Å². The smallest absolute Gasteiger partial charge is 0.433 e. The van der Waals surface area contributed by atoms with Gasteiger partial charge in [-0.05, 0) is 12.1 Å². The minimum absolute atomic E-state index is 0.227. The summed E-state index contributed by atoms with van der Waals surface area (Å²) in [5, 5.41) is 0. The van der Waals surface area contributed by atoms with Gasteiger partial charge in [-0.1, -0.05) is 0 Å². The molecule has 0 saturated heterocycles. The Kier molecular flexibility index (Phi) is 3.43. The maximum absolute atomic E-state index is 12.9. The second-order valence-electron chi connectivity index (χ2n) is 3.63. The van der Waals surface area contributed by atoms with Crippen molar-refractivity contribution in [1.29, 1.82) is 0 Å². The van der Waals surface area contributed by atoms with Gasteiger partial charge in [0.05, 0.1) is 0 Å². The van der Waals surface area contributed by atoms with Crippen LogP contribution in [0.4, 0.5) is 27.9 Å². The molecular formula is C11H6F5N3O. The zero-order valence-corrected chi connectivity index (χ0v) is 9.58. The molecule has 106 valence electrons. The Morgan fingerprint density at radius 2 is 1.70 bits per heavy atom. The van der Waals surface area contributed by atoms with Gasteiger partial charge in [0.1, 0.15) is 5.75 Å². The predicted molar refractivity (Wildman–Crippen MR) is 57.9 cm³/mol. The second kappa shape index (κ2) is 4.91. The Morgan fingerprint density at radius 3 is 2.30 bits per heavy atom. The van der Waals surface area contributed by atoms with Crippen LogP contribution in [0.3, 0.4) is 0 Å². The molecule has 0 aliphatic carbocycles. The van der Waals surface area contributed by atoms with Crippen molar-refractivity contribution in [3.05, 3.63) is 41.6 Å². The highest BCUT2D eigenvalue weighted by Crippen LogP contribution is 2.31. The minimum atomic E-state index is -4.73. The average molecular weight is 291 g/mol. The Morgan fingerprint density at radius 1 is 1.00 bits per heavy atom. The van der Waals surface area contributed by atoms with Crippen molar-refractivity contribution in [3.8, 4) is 11.6 Å². The lowest BCUT2D eigenvalue weighted by molar-refractivity contribution is -0.141. The van der Waals surface area contributed by atoms with E-state index < -0.39 is 35.3 Å². The van der Waals surface area contributed by atoms with Crippen LogP contribution in [0.15, 0.2) is 24.3 Å². The molecule has 0 radical (unpaired) electrons. The number of halogens is 5. The summed E-state index contributed by atoms with van der Waals surface area (Å²) < 4.78 is 68.0. The molecule has 0 atom stereocenters. The van der Waals surface area contributed by atoms with Crippen LogP contribution in [0.25, 0.3) is 0 Å². The van der Waals surface area contributed by atoms with Crippen molar-refractivity contribution in [2.75, 3.05) is 5.73 Å². The standard InChI is InChI=1S/C11H6F5N3O/c12-6-2-1-5(3-7(6)13)20-9-4-8(11(14,15)16)18-10(17)19-9/h1-4H,(H2,17,18,19). The first-order valence-corrected chi connectivity index (χ1v) is 5.10. The van der Waals surface area contributed by atoms with E-state index >= 15 is 0 Å². The summed E-state index contributed by atoms with van der Waals surface area (Å²) in [4.78, 5) is 6.43. The topological polar surface area (TPSA) is 61.0 Å². The monoisotopic (exact) mass is 291 g/mol. The number of hydrogen-bond acceptors (Lipinski definition) is 4. The van der Waals surface area contributed by atoms with Crippen LogP contribution < -0.4 is 10.5 Å². The van der Waals surface area contributed by atoms with Crippen LogP contribution in [-0.2, 0) is 6.18 Å². The highest BCUT2D eigenvalue weighted by Gasteiger charge is 2.33. The Labute approximate surface area is 109 Å². The van der Waals surface area contributed by atoms with Crippen molar-refractivity contribution < 1.29 is 26.7 Å². The van der Waals surface area contributed by atoms with Crippen LogP contribution in [-0.4, -0.2) is 9.97 Å². The van der Waals surface area contributed by atoms with Crippen molar-refractivity contribution >= 4 is 5.95 Å². The Bertz CT molecular complexity index is 644. The zero-order valence-electron chi connectivity index (χ0n) is 9.58. The fourth-order valence-electron chi connectivity index (χ4n) is 1.30. The van der Waals surface area contributed by atoms with Gasteiger partial charge >= 0.3 is 6.18 Å². The molecule has 1 aromatic carbocycles. The van der Waals surface area contributed by atoms with E-state index in [1.165, 1.54) is 0 Å². The van der Waals surface area contributed by atoms with Gasteiger partial charge < -0.3 is 10.5 Å². The summed E-state index contributed by atoms with van der Waals surface area (Å²) in [5.41, 5.74) is 3.82. The first-order valence-electron chi connectivity index (χ1n) is 5.10. The van der Waals surface area contributed by atoms with E-state index in [-0.39, 0.29) is 5.75 Å². The summed E-state index contributed by atoms with van der Waals surface area (Å²) >= 11 is 0. The number of anilines is 1. The van der Waals surface area contributed by atoms with Crippen molar-refractivity contribution in [1.82, 2.24) is 9.97 Å². The summed E-state index contributed by atoms with van der Waals surface area (Å²) in [6.07, 6.45) is -4.73. The molecule has 9 heteroatoms. The number of rotatable bonds is 2. The lowest BCUT2D eigenvalue weighted by Crippen LogP contribution is -2.11. The number of alkyl halides is 3. The lowest BCUT2D eigenvalue weighted by atomic mass is 10.3. The molecule has 0 aliphatic heterocycles. The van der Waals surface area contributed by atoms with Gasteiger partial charge in [0.15, 0.2) is 17.3 Å². The molecule has 0 aliphatic rings. The van der Waals surface area contributed by atoms with Gasteiger partial charge in [-0.25, -0.2) is 13.8 Å². The average Bonchev–Trinajstić information content (AvgIpc) is 2.32. The van der Waals surface area contributed by atoms with Gasteiger partial charge in [0.25, 0.3) is 0 Å². The van der Waals surface area contributed by atoms with Gasteiger partial charge in [0.2, 0.25) is 11.8 Å². The van der Waals surface area contributed by atoms with E-state index in [0.29, 0.717) is 12.1 Å². The summed E-state index contributed by atoms with van der Waals surface area (Å²) in [6, 6.07) is 2.96. The number of hydrogen-bond donors (Lipinski definition) is 1. The normalized spacial score (nSPS) is 11.4. The Hall–Kier alpha value is -2.45. The van der Waals surface area contributed by atoms with Gasteiger partial charge in [-0.2, -0.15) is 18.2 Å². The fourth-order valence-corrected chi connectivity index (χ4v) is 1.30. The molecule has 0 amide bonds. The van der Waals surface area contributed by atoms with Crippen LogP contribution in [0, 0.1) is 11.6 Å². The van der Waals surface area contributed by atoms with Crippen molar-refractivity contribution in [2.45, 2.75) is 6.18 Å². The minimum Gasteiger partial charge on any atom is -0.439 e. The van der Waals surface area contributed by atoms with Crippen LogP contribution in [0.5, 0.6) is 11.6 Å². The molecule has 0 bridgehead atoms. The molecule has 4 nitrogen and oxygen atoms in total. The zero-order chi connectivity index (χ0) is 14.9. The number of nitrogen functional groups attached to an aromatic ring is 1. The second-order valence-corrected chi connectivity index (χ2v) is 3.63. The summed E-state index contributed by atoms with van der Waals surface area (Å²) in [7, 11) is 0. The third-order valence-electron chi connectivity index (χ3n) is 2.12. The highest BCUT2D eigenvalue weighted by atomic mass is 19.4. The predicted octanol–water partition coefficient (Wildman–Crippen LogP) is 3.15. The van der Waals surface area contributed by atoms with E-state index in [4.69, 9.17) is 10.5 Å². The third kappa shape index (κ3) is 3.11. The van der Waals surface area contributed by atoms with E-state index in [9.17, 15) is 22.0 Å². The van der Waals surface area contributed by atoms with Gasteiger partial charge in [-0.15, -0.1) is 0 Å². The number of nitrogens with zero attached hydrogens (tertiary/aromatic N) is 2. The molecule has 0 saturated carbocycles. The molecule has 2 rings (SSSR count). The quantitative estimate of drug-likeness (QED) is 0.863. The molecule has 2 N–H and O–H groups in total. The van der Waals surface area contributed by atoms with E-state index in [1.54, 1.807) is 0 Å². The maximum Gasteiger partial charge on any atom is 0.433 e. The first-order chi connectivity index (χ1) is 9.25. The molecule has 0 spiro atoms. The van der Waals surface area contributed by atoms with Crippen LogP contribution in [0.2, 0.25) is 0 Å². The largest absolute Gasteiger partial charge is 0.439 e. The van der Waals surface area contributed by atoms with Gasteiger partial charge in [-0.3, -0.25) is 0 Å².